The molecule has 0 spiro atoms. The Balaban J connectivity index is 2.45. The van der Waals surface area contributed by atoms with E-state index in [4.69, 9.17) is 27.9 Å². The average molecular weight is 449 g/mol. The minimum absolute atomic E-state index is 0.0777. The molecule has 152 valence electrons. The molecular weight excluding hydrogens is 430 g/mol. The van der Waals surface area contributed by atoms with Crippen LogP contribution in [0, 0.1) is 5.82 Å². The fourth-order valence-electron chi connectivity index (χ4n) is 2.68. The van der Waals surface area contributed by atoms with Gasteiger partial charge in [-0.25, -0.2) is 12.8 Å². The smallest absolute Gasteiger partial charge is 0.248 e. The van der Waals surface area contributed by atoms with E-state index < -0.39 is 27.8 Å². The van der Waals surface area contributed by atoms with Crippen molar-refractivity contribution in [1.82, 2.24) is 0 Å². The normalized spacial score (nSPS) is 12.4. The molecule has 1 atom stereocenters. The third-order valence-electron chi connectivity index (χ3n) is 3.91. The Morgan fingerprint density at radius 2 is 1.93 bits per heavy atom. The number of nitrogens with zero attached hydrogens (tertiary/aromatic N) is 1. The van der Waals surface area contributed by atoms with Crippen LogP contribution in [0.2, 0.25) is 10.0 Å². The van der Waals surface area contributed by atoms with Crippen LogP contribution in [0.1, 0.15) is 13.3 Å². The van der Waals surface area contributed by atoms with Crippen molar-refractivity contribution in [3.8, 4) is 5.75 Å². The van der Waals surface area contributed by atoms with Crippen molar-refractivity contribution in [2.75, 3.05) is 23.0 Å². The molecule has 0 aromatic heterocycles. The van der Waals surface area contributed by atoms with Gasteiger partial charge in [-0.05, 0) is 42.8 Å². The van der Waals surface area contributed by atoms with Crippen LogP contribution in [-0.2, 0) is 14.8 Å². The molecule has 0 aliphatic heterocycles. The van der Waals surface area contributed by atoms with Gasteiger partial charge in [-0.3, -0.25) is 9.10 Å². The van der Waals surface area contributed by atoms with Gasteiger partial charge in [0.15, 0.2) is 0 Å². The summed E-state index contributed by atoms with van der Waals surface area (Å²) in [6.45, 7) is 1.66. The first-order chi connectivity index (χ1) is 13.1. The molecule has 0 bridgehead atoms. The highest BCUT2D eigenvalue weighted by atomic mass is 35.5. The van der Waals surface area contributed by atoms with Crippen molar-refractivity contribution in [3.05, 3.63) is 52.3 Å². The van der Waals surface area contributed by atoms with Gasteiger partial charge >= 0.3 is 0 Å². The van der Waals surface area contributed by atoms with Crippen LogP contribution in [0.5, 0.6) is 5.75 Å². The van der Waals surface area contributed by atoms with Gasteiger partial charge in [-0.1, -0.05) is 30.1 Å². The third-order valence-corrected chi connectivity index (χ3v) is 5.61. The van der Waals surface area contributed by atoms with E-state index in [1.54, 1.807) is 19.1 Å². The summed E-state index contributed by atoms with van der Waals surface area (Å²) in [5, 5.41) is 2.76. The first-order valence-corrected chi connectivity index (χ1v) is 10.8. The Labute approximate surface area is 173 Å². The minimum atomic E-state index is -3.89. The molecule has 0 aliphatic carbocycles. The summed E-state index contributed by atoms with van der Waals surface area (Å²) in [5.74, 6) is -0.933. The van der Waals surface area contributed by atoms with Crippen LogP contribution in [0.25, 0.3) is 0 Å². The van der Waals surface area contributed by atoms with Gasteiger partial charge in [0.2, 0.25) is 15.9 Å². The standard InChI is InChI=1S/C18H19Cl2FN2O4S/c1-4-16(18(24)22-15-9-11(19)5-8-17(15)27-2)23(28(3,25)26)12-6-7-14(21)13(20)10-12/h5-10,16H,4H2,1-3H3,(H,22,24). The summed E-state index contributed by atoms with van der Waals surface area (Å²) in [7, 11) is -2.46. The maximum Gasteiger partial charge on any atom is 0.248 e. The molecule has 0 saturated heterocycles. The molecular formula is C18H19Cl2FN2O4S. The number of amides is 1. The number of carbonyl (C=O) groups excluding carboxylic acids is 1. The second-order valence-electron chi connectivity index (χ2n) is 5.92. The number of rotatable bonds is 7. The summed E-state index contributed by atoms with van der Waals surface area (Å²) in [5.41, 5.74) is 0.373. The highest BCUT2D eigenvalue weighted by Crippen LogP contribution is 2.30. The van der Waals surface area contributed by atoms with E-state index in [2.05, 4.69) is 5.32 Å². The number of anilines is 2. The monoisotopic (exact) mass is 448 g/mol. The van der Waals surface area contributed by atoms with Crippen LogP contribution in [0.3, 0.4) is 0 Å². The highest BCUT2D eigenvalue weighted by Gasteiger charge is 2.32. The van der Waals surface area contributed by atoms with Gasteiger partial charge in [0.1, 0.15) is 17.6 Å². The maximum atomic E-state index is 13.5. The number of carbonyl (C=O) groups is 1. The Morgan fingerprint density at radius 1 is 1.25 bits per heavy atom. The van der Waals surface area contributed by atoms with E-state index in [1.807, 2.05) is 0 Å². The van der Waals surface area contributed by atoms with Crippen LogP contribution < -0.4 is 14.4 Å². The number of ether oxygens (including phenoxy) is 1. The summed E-state index contributed by atoms with van der Waals surface area (Å²) >= 11 is 11.8. The lowest BCUT2D eigenvalue weighted by Crippen LogP contribution is -2.47. The van der Waals surface area contributed by atoms with Crippen molar-refractivity contribution in [3.63, 3.8) is 0 Å². The summed E-state index contributed by atoms with van der Waals surface area (Å²) in [6.07, 6.45) is 1.11. The molecule has 2 aromatic carbocycles. The number of nitrogens with one attached hydrogen (secondary N) is 1. The lowest BCUT2D eigenvalue weighted by atomic mass is 10.1. The summed E-state index contributed by atoms with van der Waals surface area (Å²) in [6, 6.07) is 7.00. The molecule has 0 fully saturated rings. The Morgan fingerprint density at radius 3 is 2.46 bits per heavy atom. The van der Waals surface area contributed by atoms with Crippen molar-refractivity contribution < 1.29 is 22.3 Å². The number of methoxy groups -OCH3 is 1. The predicted molar refractivity (Wildman–Crippen MR) is 109 cm³/mol. The fourth-order valence-corrected chi connectivity index (χ4v) is 4.23. The third kappa shape index (κ3) is 5.06. The largest absolute Gasteiger partial charge is 0.495 e. The van der Waals surface area contributed by atoms with Gasteiger partial charge < -0.3 is 10.1 Å². The zero-order valence-electron chi connectivity index (χ0n) is 15.4. The number of hydrogen-bond acceptors (Lipinski definition) is 4. The number of halogens is 3. The lowest BCUT2D eigenvalue weighted by Gasteiger charge is -2.30. The quantitative estimate of drug-likeness (QED) is 0.683. The SMILES string of the molecule is CCC(C(=O)Nc1cc(Cl)ccc1OC)N(c1ccc(F)c(Cl)c1)S(C)(=O)=O. The minimum Gasteiger partial charge on any atom is -0.495 e. The molecule has 2 rings (SSSR count). The van der Waals surface area contributed by atoms with Crippen molar-refractivity contribution in [1.29, 1.82) is 0 Å². The van der Waals surface area contributed by atoms with Crippen LogP contribution in [-0.4, -0.2) is 33.7 Å². The molecule has 1 amide bonds. The molecule has 0 heterocycles. The Kier molecular flexibility index (Phi) is 7.14. The molecule has 10 heteroatoms. The molecule has 1 unspecified atom stereocenters. The zero-order chi connectivity index (χ0) is 21.1. The van der Waals surface area contributed by atoms with E-state index in [0.29, 0.717) is 16.5 Å². The molecule has 0 radical (unpaired) electrons. The van der Waals surface area contributed by atoms with E-state index in [0.717, 1.165) is 22.7 Å². The van der Waals surface area contributed by atoms with Gasteiger partial charge in [0.25, 0.3) is 0 Å². The van der Waals surface area contributed by atoms with Gasteiger partial charge in [-0.15, -0.1) is 0 Å². The molecule has 28 heavy (non-hydrogen) atoms. The van der Waals surface area contributed by atoms with Crippen LogP contribution in [0.4, 0.5) is 15.8 Å². The van der Waals surface area contributed by atoms with E-state index in [9.17, 15) is 17.6 Å². The number of sulfonamides is 1. The van der Waals surface area contributed by atoms with Gasteiger partial charge in [0, 0.05) is 5.02 Å². The first kappa shape index (κ1) is 22.3. The fraction of sp³-hybridized carbons (Fsp3) is 0.278. The molecule has 6 nitrogen and oxygen atoms in total. The molecule has 0 aliphatic rings. The molecule has 1 N–H and O–H groups in total. The summed E-state index contributed by atoms with van der Waals surface area (Å²) in [4.78, 5) is 12.9. The van der Waals surface area contributed by atoms with E-state index >= 15 is 0 Å². The van der Waals surface area contributed by atoms with Gasteiger partial charge in [0.05, 0.1) is 29.8 Å². The lowest BCUT2D eigenvalue weighted by molar-refractivity contribution is -0.117. The molecule has 0 saturated carbocycles. The Bertz CT molecular complexity index is 986. The first-order valence-electron chi connectivity index (χ1n) is 8.17. The number of hydrogen-bond donors (Lipinski definition) is 1. The van der Waals surface area contributed by atoms with Crippen molar-refractivity contribution >= 4 is 50.5 Å². The highest BCUT2D eigenvalue weighted by molar-refractivity contribution is 7.92. The van der Waals surface area contributed by atoms with E-state index in [1.165, 1.54) is 19.2 Å². The van der Waals surface area contributed by atoms with Crippen LogP contribution in [0.15, 0.2) is 36.4 Å². The number of benzene rings is 2. The maximum absolute atomic E-state index is 13.5. The zero-order valence-corrected chi connectivity index (χ0v) is 17.7. The second kappa shape index (κ2) is 8.98. The predicted octanol–water partition coefficient (Wildman–Crippen LogP) is 4.32. The average Bonchev–Trinajstić information content (AvgIpc) is 2.61. The topological polar surface area (TPSA) is 75.7 Å². The van der Waals surface area contributed by atoms with Crippen molar-refractivity contribution in [2.24, 2.45) is 0 Å². The van der Waals surface area contributed by atoms with E-state index in [-0.39, 0.29) is 17.1 Å². The Hall–Kier alpha value is -2.03. The second-order valence-corrected chi connectivity index (χ2v) is 8.62. The molecule has 2 aromatic rings. The van der Waals surface area contributed by atoms with Crippen LogP contribution >= 0.6 is 23.2 Å². The summed E-state index contributed by atoms with van der Waals surface area (Å²) < 4.78 is 44.5. The van der Waals surface area contributed by atoms with Gasteiger partial charge in [-0.2, -0.15) is 0 Å². The van der Waals surface area contributed by atoms with Crippen molar-refractivity contribution in [2.45, 2.75) is 19.4 Å².